The van der Waals surface area contributed by atoms with Crippen molar-refractivity contribution in [1.82, 2.24) is 20.2 Å². The molecule has 0 saturated carbocycles. The minimum Gasteiger partial charge on any atom is -0.497 e. The molecule has 0 bridgehead atoms. The minimum absolute atomic E-state index is 0.0816. The first-order valence-corrected chi connectivity index (χ1v) is 13.0. The van der Waals surface area contributed by atoms with Gasteiger partial charge in [-0.3, -0.25) is 9.36 Å². The van der Waals surface area contributed by atoms with Crippen LogP contribution in [0.1, 0.15) is 12.5 Å². The topological polar surface area (TPSA) is 99.9 Å². The molecule has 11 heteroatoms. The van der Waals surface area contributed by atoms with E-state index < -0.39 is 0 Å². The highest BCUT2D eigenvalue weighted by atomic mass is 35.5. The average Bonchev–Trinajstić information content (AvgIpc) is 3.37. The summed E-state index contributed by atoms with van der Waals surface area (Å²) >= 11 is 7.34. The number of carbonyl (C=O) groups excluding carboxylic acids is 1. The number of halogens is 1. The van der Waals surface area contributed by atoms with Gasteiger partial charge in [-0.1, -0.05) is 23.4 Å². The Bertz CT molecular complexity index is 1410. The Kier molecular flexibility index (Phi) is 9.23. The lowest BCUT2D eigenvalue weighted by molar-refractivity contribution is -0.118. The van der Waals surface area contributed by atoms with Crippen LogP contribution in [0.5, 0.6) is 17.2 Å². The van der Waals surface area contributed by atoms with Gasteiger partial charge in [-0.05, 0) is 79.2 Å². The number of nitrogens with one attached hydrogen (secondary N) is 1. The number of benzene rings is 3. The van der Waals surface area contributed by atoms with Crippen LogP contribution in [0.3, 0.4) is 0 Å². The van der Waals surface area contributed by atoms with Crippen LogP contribution in [0.15, 0.2) is 77.0 Å². The third-order valence-electron chi connectivity index (χ3n) is 5.29. The number of hydrazone groups is 1. The molecular formula is C27H26ClN5O4S. The van der Waals surface area contributed by atoms with Crippen LogP contribution < -0.4 is 19.6 Å². The van der Waals surface area contributed by atoms with Gasteiger partial charge in [-0.25, -0.2) is 5.43 Å². The van der Waals surface area contributed by atoms with Crippen LogP contribution in [0.25, 0.3) is 17.1 Å². The number of thioether (sulfide) groups is 1. The van der Waals surface area contributed by atoms with Crippen LogP contribution >= 0.6 is 23.4 Å². The summed E-state index contributed by atoms with van der Waals surface area (Å²) in [5.74, 6) is 2.39. The first-order chi connectivity index (χ1) is 18.5. The summed E-state index contributed by atoms with van der Waals surface area (Å²) in [6.45, 7) is 2.44. The summed E-state index contributed by atoms with van der Waals surface area (Å²) in [5.41, 5.74) is 4.96. The highest BCUT2D eigenvalue weighted by molar-refractivity contribution is 7.99. The Morgan fingerprint density at radius 3 is 2.47 bits per heavy atom. The van der Waals surface area contributed by atoms with E-state index in [4.69, 9.17) is 25.8 Å². The van der Waals surface area contributed by atoms with Gasteiger partial charge in [0.1, 0.15) is 5.75 Å². The van der Waals surface area contributed by atoms with Crippen LogP contribution in [0.4, 0.5) is 0 Å². The molecule has 9 nitrogen and oxygen atoms in total. The van der Waals surface area contributed by atoms with E-state index in [1.165, 1.54) is 11.8 Å². The van der Waals surface area contributed by atoms with Crippen molar-refractivity contribution in [1.29, 1.82) is 0 Å². The zero-order valence-electron chi connectivity index (χ0n) is 21.1. The summed E-state index contributed by atoms with van der Waals surface area (Å²) in [4.78, 5) is 12.5. The van der Waals surface area contributed by atoms with Crippen LogP contribution in [0, 0.1) is 0 Å². The lowest BCUT2D eigenvalue weighted by atomic mass is 10.2. The average molecular weight is 552 g/mol. The lowest BCUT2D eigenvalue weighted by Crippen LogP contribution is -2.20. The van der Waals surface area contributed by atoms with Gasteiger partial charge < -0.3 is 14.2 Å². The molecule has 3 aromatic carbocycles. The van der Waals surface area contributed by atoms with Crippen molar-refractivity contribution in [2.24, 2.45) is 5.10 Å². The minimum atomic E-state index is -0.291. The fraction of sp³-hybridized carbons (Fsp3) is 0.185. The molecule has 0 radical (unpaired) electrons. The van der Waals surface area contributed by atoms with Gasteiger partial charge in [0.05, 0.1) is 32.8 Å². The molecule has 0 aliphatic carbocycles. The maximum Gasteiger partial charge on any atom is 0.250 e. The number of rotatable bonds is 11. The normalized spacial score (nSPS) is 10.9. The van der Waals surface area contributed by atoms with E-state index in [-0.39, 0.29) is 11.7 Å². The van der Waals surface area contributed by atoms with E-state index in [2.05, 4.69) is 20.7 Å². The van der Waals surface area contributed by atoms with Crippen molar-refractivity contribution >= 4 is 35.5 Å². The summed E-state index contributed by atoms with van der Waals surface area (Å²) < 4.78 is 18.0. The van der Waals surface area contributed by atoms with E-state index in [1.807, 2.05) is 54.0 Å². The lowest BCUT2D eigenvalue weighted by Gasteiger charge is -2.11. The molecule has 1 amide bonds. The van der Waals surface area contributed by atoms with Crippen LogP contribution in [0.2, 0.25) is 5.02 Å². The summed E-state index contributed by atoms with van der Waals surface area (Å²) in [7, 11) is 3.19. The van der Waals surface area contributed by atoms with Crippen LogP contribution in [-0.2, 0) is 4.79 Å². The SMILES string of the molecule is CCOc1ccc(C=NNC(=O)CSc2nnc(-c3ccc(OC)cc3)n2-c2ccc(Cl)cc2)cc1OC. The zero-order valence-corrected chi connectivity index (χ0v) is 22.6. The number of aromatic nitrogens is 3. The van der Waals surface area contributed by atoms with Crippen molar-refractivity contribution in [2.45, 2.75) is 12.1 Å². The first-order valence-electron chi connectivity index (χ1n) is 11.6. The Balaban J connectivity index is 1.47. The number of hydrogen-bond donors (Lipinski definition) is 1. The molecule has 0 aliphatic heterocycles. The third kappa shape index (κ3) is 6.64. The maximum absolute atomic E-state index is 12.5. The maximum atomic E-state index is 12.5. The standard InChI is InChI=1S/C27H26ClN5O4S/c1-4-37-23-14-5-18(15-24(23)36-3)16-29-30-25(34)17-38-27-32-31-26(19-6-12-22(35-2)13-7-19)33(27)21-10-8-20(28)9-11-21/h5-16H,4,17H2,1-3H3,(H,30,34). The summed E-state index contributed by atoms with van der Waals surface area (Å²) in [5, 5.41) is 14.0. The third-order valence-corrected chi connectivity index (χ3v) is 6.47. The largest absolute Gasteiger partial charge is 0.497 e. The molecule has 0 saturated heterocycles. The molecule has 0 aliphatic rings. The second-order valence-electron chi connectivity index (χ2n) is 7.77. The van der Waals surface area contributed by atoms with Crippen molar-refractivity contribution in [3.8, 4) is 34.3 Å². The summed E-state index contributed by atoms with van der Waals surface area (Å²) in [6, 6.07) is 20.3. The summed E-state index contributed by atoms with van der Waals surface area (Å²) in [6.07, 6.45) is 1.54. The van der Waals surface area contributed by atoms with E-state index in [1.54, 1.807) is 44.7 Å². The highest BCUT2D eigenvalue weighted by Crippen LogP contribution is 2.30. The van der Waals surface area contributed by atoms with Gasteiger partial charge >= 0.3 is 0 Å². The Labute approximate surface area is 229 Å². The number of hydrogen-bond acceptors (Lipinski definition) is 8. The molecule has 38 heavy (non-hydrogen) atoms. The number of amides is 1. The second-order valence-corrected chi connectivity index (χ2v) is 9.15. The van der Waals surface area contributed by atoms with Gasteiger partial charge in [0.25, 0.3) is 5.91 Å². The van der Waals surface area contributed by atoms with Gasteiger partial charge in [0, 0.05) is 16.3 Å². The van der Waals surface area contributed by atoms with Gasteiger partial charge in [0.15, 0.2) is 22.5 Å². The zero-order chi connectivity index (χ0) is 26.9. The highest BCUT2D eigenvalue weighted by Gasteiger charge is 2.17. The van der Waals surface area contributed by atoms with Crippen molar-refractivity contribution in [3.63, 3.8) is 0 Å². The van der Waals surface area contributed by atoms with Gasteiger partial charge in [0.2, 0.25) is 0 Å². The van der Waals surface area contributed by atoms with E-state index in [9.17, 15) is 4.79 Å². The number of ether oxygens (including phenoxy) is 3. The molecule has 1 aromatic heterocycles. The fourth-order valence-electron chi connectivity index (χ4n) is 3.49. The molecular weight excluding hydrogens is 526 g/mol. The van der Waals surface area contributed by atoms with Crippen molar-refractivity contribution in [3.05, 3.63) is 77.3 Å². The molecule has 1 N–H and O–H groups in total. The van der Waals surface area contributed by atoms with E-state index in [0.29, 0.717) is 34.1 Å². The fourth-order valence-corrected chi connectivity index (χ4v) is 4.36. The smallest absolute Gasteiger partial charge is 0.250 e. The van der Waals surface area contributed by atoms with Crippen molar-refractivity contribution in [2.75, 3.05) is 26.6 Å². The Morgan fingerprint density at radius 1 is 1.03 bits per heavy atom. The van der Waals surface area contributed by atoms with Gasteiger partial charge in [-0.15, -0.1) is 10.2 Å². The van der Waals surface area contributed by atoms with E-state index in [0.717, 1.165) is 22.6 Å². The van der Waals surface area contributed by atoms with E-state index >= 15 is 0 Å². The predicted octanol–water partition coefficient (Wildman–Crippen LogP) is 5.25. The monoisotopic (exact) mass is 551 g/mol. The Morgan fingerprint density at radius 2 is 1.79 bits per heavy atom. The molecule has 4 rings (SSSR count). The quantitative estimate of drug-likeness (QED) is 0.154. The molecule has 0 atom stereocenters. The number of methoxy groups -OCH3 is 2. The van der Waals surface area contributed by atoms with Crippen LogP contribution in [-0.4, -0.2) is 53.5 Å². The molecule has 1 heterocycles. The number of carbonyl (C=O) groups is 1. The first kappa shape index (κ1) is 27.0. The molecule has 0 unspecified atom stereocenters. The molecule has 0 fully saturated rings. The molecule has 4 aromatic rings. The molecule has 0 spiro atoms. The number of nitrogens with zero attached hydrogens (tertiary/aromatic N) is 4. The van der Waals surface area contributed by atoms with Crippen molar-refractivity contribution < 1.29 is 19.0 Å². The molecule has 196 valence electrons. The van der Waals surface area contributed by atoms with Gasteiger partial charge in [-0.2, -0.15) is 5.10 Å². The Hall–Kier alpha value is -4.02. The predicted molar refractivity (Wildman–Crippen MR) is 149 cm³/mol. The second kappa shape index (κ2) is 13.0.